The van der Waals surface area contributed by atoms with Crippen LogP contribution in [0.1, 0.15) is 36.3 Å². The molecular weight excluding hydrogens is 268 g/mol. The van der Waals surface area contributed by atoms with E-state index in [0.717, 1.165) is 0 Å². The number of aryl methyl sites for hydroxylation is 1. The molecule has 0 bridgehead atoms. The molecule has 0 saturated heterocycles. The molecule has 5 nitrogen and oxygen atoms in total. The maximum atomic E-state index is 12.0. The van der Waals surface area contributed by atoms with Gasteiger partial charge in [0.2, 0.25) is 0 Å². The maximum absolute atomic E-state index is 12.0. The predicted octanol–water partition coefficient (Wildman–Crippen LogP) is 2.27. The smallest absolute Gasteiger partial charge is 0.305 e. The van der Waals surface area contributed by atoms with Crippen molar-refractivity contribution in [3.63, 3.8) is 0 Å². The van der Waals surface area contributed by atoms with E-state index >= 15 is 0 Å². The number of halogens is 1. The maximum Gasteiger partial charge on any atom is 0.305 e. The van der Waals surface area contributed by atoms with Crippen molar-refractivity contribution in [2.24, 2.45) is 5.92 Å². The van der Waals surface area contributed by atoms with Gasteiger partial charge in [-0.1, -0.05) is 25.4 Å². The summed E-state index contributed by atoms with van der Waals surface area (Å²) in [6.45, 7) is 5.47. The first-order valence-corrected chi connectivity index (χ1v) is 6.34. The monoisotopic (exact) mass is 284 g/mol. The quantitative estimate of drug-likeness (QED) is 0.869. The van der Waals surface area contributed by atoms with Gasteiger partial charge in [0.05, 0.1) is 17.0 Å². The van der Waals surface area contributed by atoms with Gasteiger partial charge in [-0.2, -0.15) is 0 Å². The van der Waals surface area contributed by atoms with Crippen molar-refractivity contribution < 1.29 is 14.7 Å². The van der Waals surface area contributed by atoms with Crippen LogP contribution in [0.4, 0.5) is 0 Å². The lowest BCUT2D eigenvalue weighted by Gasteiger charge is -2.20. The molecule has 19 heavy (non-hydrogen) atoms. The van der Waals surface area contributed by atoms with E-state index in [9.17, 15) is 9.59 Å². The second-order valence-corrected chi connectivity index (χ2v) is 5.13. The molecule has 1 atom stereocenters. The summed E-state index contributed by atoms with van der Waals surface area (Å²) in [5, 5.41) is 11.8. The molecule has 1 rings (SSSR count). The van der Waals surface area contributed by atoms with Crippen molar-refractivity contribution in [1.82, 2.24) is 10.3 Å². The SMILES string of the molecule is Cc1cc(Cl)c(C(=O)NC(CC(=O)O)C(C)C)cn1. The highest BCUT2D eigenvalue weighted by atomic mass is 35.5. The molecule has 0 aliphatic heterocycles. The zero-order valence-electron chi connectivity index (χ0n) is 11.1. The molecule has 1 unspecified atom stereocenters. The Balaban J connectivity index is 2.84. The molecular formula is C13H17ClN2O3. The number of hydrogen-bond donors (Lipinski definition) is 2. The Bertz CT molecular complexity index is 489. The molecule has 0 aliphatic carbocycles. The third-order valence-corrected chi connectivity index (χ3v) is 3.06. The highest BCUT2D eigenvalue weighted by Gasteiger charge is 2.21. The molecule has 0 aliphatic rings. The topological polar surface area (TPSA) is 79.3 Å². The molecule has 0 fully saturated rings. The normalized spacial score (nSPS) is 12.3. The van der Waals surface area contributed by atoms with E-state index < -0.39 is 17.9 Å². The van der Waals surface area contributed by atoms with Crippen molar-refractivity contribution in [1.29, 1.82) is 0 Å². The van der Waals surface area contributed by atoms with Gasteiger partial charge in [0, 0.05) is 17.9 Å². The van der Waals surface area contributed by atoms with Crippen molar-refractivity contribution in [2.75, 3.05) is 0 Å². The van der Waals surface area contributed by atoms with Crippen LogP contribution >= 0.6 is 11.6 Å². The minimum Gasteiger partial charge on any atom is -0.481 e. The summed E-state index contributed by atoms with van der Waals surface area (Å²) in [5.74, 6) is -1.35. The third-order valence-electron chi connectivity index (χ3n) is 2.75. The first kappa shape index (κ1) is 15.4. The average molecular weight is 285 g/mol. The van der Waals surface area contributed by atoms with Gasteiger partial charge in [-0.3, -0.25) is 14.6 Å². The standard InChI is InChI=1S/C13H17ClN2O3/c1-7(2)11(5-12(17)18)16-13(19)9-6-15-8(3)4-10(9)14/h4,6-7,11H,5H2,1-3H3,(H,16,19)(H,17,18). The number of carboxylic acid groups (broad SMARTS) is 1. The van der Waals surface area contributed by atoms with E-state index in [2.05, 4.69) is 10.3 Å². The predicted molar refractivity (Wildman–Crippen MR) is 72.3 cm³/mol. The molecule has 1 heterocycles. The molecule has 0 saturated carbocycles. The number of amides is 1. The van der Waals surface area contributed by atoms with Gasteiger partial charge >= 0.3 is 5.97 Å². The van der Waals surface area contributed by atoms with E-state index in [-0.39, 0.29) is 17.9 Å². The first-order chi connectivity index (χ1) is 8.81. The Hall–Kier alpha value is -1.62. The van der Waals surface area contributed by atoms with Crippen molar-refractivity contribution in [3.05, 3.63) is 28.5 Å². The fourth-order valence-electron chi connectivity index (χ4n) is 1.58. The third kappa shape index (κ3) is 4.52. The van der Waals surface area contributed by atoms with Crippen molar-refractivity contribution >= 4 is 23.5 Å². The van der Waals surface area contributed by atoms with Gasteiger partial charge in [-0.05, 0) is 18.9 Å². The van der Waals surface area contributed by atoms with Crippen LogP contribution in [0.15, 0.2) is 12.3 Å². The molecule has 1 aromatic heterocycles. The van der Waals surface area contributed by atoms with Gasteiger partial charge in [0.1, 0.15) is 0 Å². The fourth-order valence-corrected chi connectivity index (χ4v) is 1.87. The largest absolute Gasteiger partial charge is 0.481 e. The van der Waals surface area contributed by atoms with E-state index in [1.165, 1.54) is 6.20 Å². The zero-order valence-corrected chi connectivity index (χ0v) is 11.9. The van der Waals surface area contributed by atoms with Gasteiger partial charge in [0.15, 0.2) is 0 Å². The van der Waals surface area contributed by atoms with Gasteiger partial charge in [-0.25, -0.2) is 0 Å². The highest BCUT2D eigenvalue weighted by molar-refractivity contribution is 6.33. The molecule has 6 heteroatoms. The fraction of sp³-hybridized carbons (Fsp3) is 0.462. The summed E-state index contributed by atoms with van der Waals surface area (Å²) < 4.78 is 0. The van der Waals surface area contributed by atoms with Crippen LogP contribution in [0.25, 0.3) is 0 Å². The molecule has 0 spiro atoms. The van der Waals surface area contributed by atoms with E-state index in [0.29, 0.717) is 10.7 Å². The Morgan fingerprint density at radius 3 is 2.58 bits per heavy atom. The number of aromatic nitrogens is 1. The summed E-state index contributed by atoms with van der Waals surface area (Å²) in [4.78, 5) is 26.8. The van der Waals surface area contributed by atoms with E-state index in [1.54, 1.807) is 13.0 Å². The minimum absolute atomic E-state index is 0.0113. The number of nitrogens with one attached hydrogen (secondary N) is 1. The number of carbonyl (C=O) groups excluding carboxylic acids is 1. The van der Waals surface area contributed by atoms with Crippen molar-refractivity contribution in [2.45, 2.75) is 33.2 Å². The second-order valence-electron chi connectivity index (χ2n) is 4.73. The molecule has 0 radical (unpaired) electrons. The average Bonchev–Trinajstić information content (AvgIpc) is 2.26. The van der Waals surface area contributed by atoms with Gasteiger partial charge < -0.3 is 10.4 Å². The Morgan fingerprint density at radius 2 is 2.11 bits per heavy atom. The van der Waals surface area contributed by atoms with E-state index in [1.807, 2.05) is 13.8 Å². The number of rotatable bonds is 5. The molecule has 2 N–H and O–H groups in total. The van der Waals surface area contributed by atoms with Crippen LogP contribution in [0, 0.1) is 12.8 Å². The van der Waals surface area contributed by atoms with Crippen LogP contribution in [-0.2, 0) is 4.79 Å². The minimum atomic E-state index is -0.952. The Labute approximate surface area is 117 Å². The lowest BCUT2D eigenvalue weighted by atomic mass is 10.0. The van der Waals surface area contributed by atoms with Crippen LogP contribution < -0.4 is 5.32 Å². The number of pyridine rings is 1. The number of nitrogens with zero attached hydrogens (tertiary/aromatic N) is 1. The van der Waals surface area contributed by atoms with Crippen LogP contribution in [-0.4, -0.2) is 28.0 Å². The zero-order chi connectivity index (χ0) is 14.6. The molecule has 1 aromatic rings. The number of carbonyl (C=O) groups is 2. The lowest BCUT2D eigenvalue weighted by molar-refractivity contribution is -0.137. The van der Waals surface area contributed by atoms with Crippen molar-refractivity contribution in [3.8, 4) is 0 Å². The van der Waals surface area contributed by atoms with Crippen LogP contribution in [0.2, 0.25) is 5.02 Å². The second kappa shape index (κ2) is 6.52. The Kier molecular flexibility index (Phi) is 5.30. The van der Waals surface area contributed by atoms with Crippen LogP contribution in [0.3, 0.4) is 0 Å². The van der Waals surface area contributed by atoms with E-state index in [4.69, 9.17) is 16.7 Å². The van der Waals surface area contributed by atoms with Gasteiger partial charge in [0.25, 0.3) is 5.91 Å². The summed E-state index contributed by atoms with van der Waals surface area (Å²) in [5.41, 5.74) is 0.968. The highest BCUT2D eigenvalue weighted by Crippen LogP contribution is 2.16. The number of carboxylic acids is 1. The van der Waals surface area contributed by atoms with Crippen LogP contribution in [0.5, 0.6) is 0 Å². The lowest BCUT2D eigenvalue weighted by Crippen LogP contribution is -2.40. The molecule has 1 amide bonds. The van der Waals surface area contributed by atoms with Gasteiger partial charge in [-0.15, -0.1) is 0 Å². The molecule has 0 aromatic carbocycles. The first-order valence-electron chi connectivity index (χ1n) is 5.96. The Morgan fingerprint density at radius 1 is 1.47 bits per heavy atom. The summed E-state index contributed by atoms with van der Waals surface area (Å²) >= 11 is 5.98. The summed E-state index contributed by atoms with van der Waals surface area (Å²) in [7, 11) is 0. The summed E-state index contributed by atoms with van der Waals surface area (Å²) in [6.07, 6.45) is 1.27. The number of aliphatic carboxylic acids is 1. The summed E-state index contributed by atoms with van der Waals surface area (Å²) in [6, 6.07) is 1.15. The molecule has 104 valence electrons. The number of hydrogen-bond acceptors (Lipinski definition) is 3.